The van der Waals surface area contributed by atoms with Crippen LogP contribution in [-0.4, -0.2) is 53.5 Å². The maximum Gasteiger partial charge on any atom is 0.356 e. The van der Waals surface area contributed by atoms with Crippen LogP contribution in [0.1, 0.15) is 16.9 Å². The molecule has 1 aromatic rings. The Morgan fingerprint density at radius 2 is 2.43 bits per heavy atom. The summed E-state index contributed by atoms with van der Waals surface area (Å²) in [5.74, 6) is -0.793. The summed E-state index contributed by atoms with van der Waals surface area (Å²) < 4.78 is 9.61. The lowest BCUT2D eigenvalue weighted by Gasteiger charge is -2.20. The van der Waals surface area contributed by atoms with Gasteiger partial charge in [0.2, 0.25) is 5.82 Å². The van der Waals surface area contributed by atoms with Crippen LogP contribution in [0.4, 0.5) is 11.5 Å². The maximum absolute atomic E-state index is 11.4. The third kappa shape index (κ3) is 3.44. The molecule has 2 heterocycles. The van der Waals surface area contributed by atoms with Crippen LogP contribution < -0.4 is 5.32 Å². The zero-order chi connectivity index (χ0) is 15.5. The fraction of sp³-hybridized carbons (Fsp3) is 0.500. The lowest BCUT2D eigenvalue weighted by Crippen LogP contribution is -2.37. The monoisotopic (exact) mass is 297 g/mol. The third-order valence-corrected chi connectivity index (χ3v) is 3.13. The van der Waals surface area contributed by atoms with E-state index >= 15 is 0 Å². The van der Waals surface area contributed by atoms with Gasteiger partial charge >= 0.3 is 11.7 Å². The van der Waals surface area contributed by atoms with Gasteiger partial charge in [0.1, 0.15) is 5.60 Å². The normalized spacial score (nSPS) is 21.0. The third-order valence-electron chi connectivity index (χ3n) is 3.13. The smallest absolute Gasteiger partial charge is 0.356 e. The van der Waals surface area contributed by atoms with Crippen LogP contribution in [0.15, 0.2) is 12.1 Å². The predicted octanol–water partition coefficient (Wildman–Crippen LogP) is 0.340. The Bertz CT molecular complexity index is 556. The number of nitro groups is 1. The van der Waals surface area contributed by atoms with Gasteiger partial charge in [0.05, 0.1) is 18.6 Å². The van der Waals surface area contributed by atoms with E-state index in [2.05, 4.69) is 15.0 Å². The van der Waals surface area contributed by atoms with E-state index in [1.54, 1.807) is 0 Å². The predicted molar refractivity (Wildman–Crippen MR) is 71.1 cm³/mol. The van der Waals surface area contributed by atoms with Crippen molar-refractivity contribution in [3.05, 3.63) is 27.9 Å². The molecule has 2 rings (SSSR count). The Kier molecular flexibility index (Phi) is 4.34. The molecule has 1 unspecified atom stereocenters. The molecule has 9 nitrogen and oxygen atoms in total. The number of anilines is 1. The summed E-state index contributed by atoms with van der Waals surface area (Å²) in [5.41, 5.74) is -1.44. The zero-order valence-corrected chi connectivity index (χ0v) is 11.4. The number of carbonyl (C=O) groups excluding carboxylic acids is 1. The minimum absolute atomic E-state index is 0.0332. The van der Waals surface area contributed by atoms with E-state index in [4.69, 9.17) is 4.74 Å². The van der Waals surface area contributed by atoms with Crippen molar-refractivity contribution in [1.82, 2.24) is 4.98 Å². The zero-order valence-electron chi connectivity index (χ0n) is 11.4. The van der Waals surface area contributed by atoms with Gasteiger partial charge < -0.3 is 19.9 Å². The summed E-state index contributed by atoms with van der Waals surface area (Å²) in [5, 5.41) is 23.8. The maximum atomic E-state index is 11.4. The second kappa shape index (κ2) is 6.02. The van der Waals surface area contributed by atoms with Gasteiger partial charge in [0.15, 0.2) is 5.69 Å². The lowest BCUT2D eigenvalue weighted by atomic mass is 10.0. The first-order valence-corrected chi connectivity index (χ1v) is 6.23. The number of aromatic nitrogens is 1. The highest BCUT2D eigenvalue weighted by Crippen LogP contribution is 2.25. The standard InChI is InChI=1S/C12H15N3O6/c1-20-11(16)8-2-3-9(15(18)19)10(14-8)13-6-12(17)4-5-21-7-12/h2-3,17H,4-7H2,1H3,(H,13,14). The molecule has 0 aliphatic carbocycles. The van der Waals surface area contributed by atoms with Gasteiger partial charge in [-0.25, -0.2) is 9.78 Å². The average Bonchev–Trinajstić information content (AvgIpc) is 2.91. The van der Waals surface area contributed by atoms with Crippen LogP contribution in [0.5, 0.6) is 0 Å². The quantitative estimate of drug-likeness (QED) is 0.453. The number of nitrogens with zero attached hydrogens (tertiary/aromatic N) is 2. The van der Waals surface area contributed by atoms with Crippen LogP contribution in [-0.2, 0) is 9.47 Å². The number of methoxy groups -OCH3 is 1. The number of esters is 1. The first-order chi connectivity index (χ1) is 9.95. The number of carbonyl (C=O) groups is 1. The van der Waals surface area contributed by atoms with Gasteiger partial charge in [-0.05, 0) is 6.07 Å². The summed E-state index contributed by atoms with van der Waals surface area (Å²) in [6, 6.07) is 2.37. The van der Waals surface area contributed by atoms with Crippen molar-refractivity contribution in [3.63, 3.8) is 0 Å². The molecular weight excluding hydrogens is 282 g/mol. The molecular formula is C12H15N3O6. The SMILES string of the molecule is COC(=O)c1ccc([N+](=O)[O-])c(NCC2(O)CCOC2)n1. The summed E-state index contributed by atoms with van der Waals surface area (Å²) in [4.78, 5) is 25.6. The van der Waals surface area contributed by atoms with Crippen molar-refractivity contribution in [1.29, 1.82) is 0 Å². The molecule has 2 N–H and O–H groups in total. The van der Waals surface area contributed by atoms with Gasteiger partial charge in [0.25, 0.3) is 0 Å². The molecule has 1 saturated heterocycles. The highest BCUT2D eigenvalue weighted by Gasteiger charge is 2.33. The largest absolute Gasteiger partial charge is 0.464 e. The summed E-state index contributed by atoms with van der Waals surface area (Å²) >= 11 is 0. The summed E-state index contributed by atoms with van der Waals surface area (Å²) in [6.07, 6.45) is 0.421. The van der Waals surface area contributed by atoms with Crippen molar-refractivity contribution in [3.8, 4) is 0 Å². The number of pyridine rings is 1. The first kappa shape index (κ1) is 15.1. The van der Waals surface area contributed by atoms with E-state index in [0.29, 0.717) is 13.0 Å². The number of hydrogen-bond donors (Lipinski definition) is 2. The molecule has 1 aliphatic rings. The molecule has 0 bridgehead atoms. The van der Waals surface area contributed by atoms with Crippen LogP contribution in [0.3, 0.4) is 0 Å². The van der Waals surface area contributed by atoms with Crippen molar-refractivity contribution in [2.24, 2.45) is 0 Å². The van der Waals surface area contributed by atoms with Gasteiger partial charge in [-0.1, -0.05) is 0 Å². The fourth-order valence-electron chi connectivity index (χ4n) is 1.93. The highest BCUT2D eigenvalue weighted by atomic mass is 16.6. The Morgan fingerprint density at radius 1 is 1.67 bits per heavy atom. The Balaban J connectivity index is 2.22. The van der Waals surface area contributed by atoms with Crippen molar-refractivity contribution in [2.75, 3.05) is 32.2 Å². The van der Waals surface area contributed by atoms with Crippen LogP contribution in [0.2, 0.25) is 0 Å². The van der Waals surface area contributed by atoms with E-state index in [-0.39, 0.29) is 30.4 Å². The fourth-order valence-corrected chi connectivity index (χ4v) is 1.93. The van der Waals surface area contributed by atoms with Gasteiger partial charge in [-0.15, -0.1) is 0 Å². The molecule has 9 heteroatoms. The van der Waals surface area contributed by atoms with E-state index < -0.39 is 16.5 Å². The van der Waals surface area contributed by atoms with E-state index in [0.717, 1.165) is 6.07 Å². The molecule has 1 atom stereocenters. The second-order valence-electron chi connectivity index (χ2n) is 4.69. The van der Waals surface area contributed by atoms with Crippen LogP contribution in [0.25, 0.3) is 0 Å². The van der Waals surface area contributed by atoms with E-state index in [9.17, 15) is 20.0 Å². The minimum Gasteiger partial charge on any atom is -0.464 e. The molecule has 0 spiro atoms. The molecule has 1 aliphatic heterocycles. The number of hydrogen-bond acceptors (Lipinski definition) is 8. The minimum atomic E-state index is -1.10. The molecule has 0 amide bonds. The van der Waals surface area contributed by atoms with Crippen molar-refractivity contribution < 1.29 is 24.3 Å². The van der Waals surface area contributed by atoms with E-state index in [1.165, 1.54) is 13.2 Å². The molecule has 0 aromatic carbocycles. The second-order valence-corrected chi connectivity index (χ2v) is 4.69. The van der Waals surface area contributed by atoms with Gasteiger partial charge in [-0.2, -0.15) is 0 Å². The lowest BCUT2D eigenvalue weighted by molar-refractivity contribution is -0.384. The molecule has 21 heavy (non-hydrogen) atoms. The number of aliphatic hydroxyl groups is 1. The van der Waals surface area contributed by atoms with Crippen molar-refractivity contribution >= 4 is 17.5 Å². The number of ether oxygens (including phenoxy) is 2. The summed E-state index contributed by atoms with van der Waals surface area (Å²) in [7, 11) is 1.19. The Hall–Kier alpha value is -2.26. The van der Waals surface area contributed by atoms with Crippen LogP contribution >= 0.6 is 0 Å². The van der Waals surface area contributed by atoms with Gasteiger partial charge in [-0.3, -0.25) is 10.1 Å². The number of nitrogens with one attached hydrogen (secondary N) is 1. The Labute approximate surface area is 120 Å². The topological polar surface area (TPSA) is 124 Å². The molecule has 0 radical (unpaired) electrons. The first-order valence-electron chi connectivity index (χ1n) is 6.23. The molecule has 1 fully saturated rings. The summed E-state index contributed by atoms with van der Waals surface area (Å²) in [6.45, 7) is 0.603. The number of rotatable bonds is 5. The Morgan fingerprint density at radius 3 is 3.00 bits per heavy atom. The molecule has 0 saturated carbocycles. The molecule has 114 valence electrons. The molecule has 1 aromatic heterocycles. The van der Waals surface area contributed by atoms with Crippen LogP contribution in [0, 0.1) is 10.1 Å². The highest BCUT2D eigenvalue weighted by molar-refractivity contribution is 5.88. The van der Waals surface area contributed by atoms with Gasteiger partial charge in [0, 0.05) is 25.6 Å². The van der Waals surface area contributed by atoms with E-state index in [1.807, 2.05) is 0 Å². The average molecular weight is 297 g/mol. The van der Waals surface area contributed by atoms with Crippen molar-refractivity contribution in [2.45, 2.75) is 12.0 Å².